The van der Waals surface area contributed by atoms with Crippen LogP contribution in [0.4, 0.5) is 4.39 Å². The molecule has 0 aliphatic carbocycles. The van der Waals surface area contributed by atoms with Gasteiger partial charge in [0.15, 0.2) is 11.6 Å². The summed E-state index contributed by atoms with van der Waals surface area (Å²) < 4.78 is 17.9. The smallest absolute Gasteiger partial charge is 0.252 e. The number of hydrogen-bond donors (Lipinski definition) is 0. The monoisotopic (exact) mass is 202 g/mol. The molecule has 0 unspecified atom stereocenters. The molecule has 0 N–H and O–H groups in total. The van der Waals surface area contributed by atoms with Crippen LogP contribution in [0.5, 0.6) is 5.75 Å². The van der Waals surface area contributed by atoms with Crippen molar-refractivity contribution in [3.63, 3.8) is 0 Å². The van der Waals surface area contributed by atoms with Gasteiger partial charge in [0.05, 0.1) is 6.61 Å². The molecule has 13 heavy (non-hydrogen) atoms. The molecule has 0 atom stereocenters. The van der Waals surface area contributed by atoms with E-state index in [2.05, 4.69) is 0 Å². The Morgan fingerprint density at radius 3 is 2.85 bits per heavy atom. The number of hydrogen-bond acceptors (Lipinski definition) is 2. The zero-order valence-corrected chi connectivity index (χ0v) is 7.77. The molecule has 0 saturated carbocycles. The van der Waals surface area contributed by atoms with Crippen LogP contribution in [0.2, 0.25) is 0 Å². The lowest BCUT2D eigenvalue weighted by molar-refractivity contribution is 0.108. The molecule has 4 heteroatoms. The molecule has 0 bridgehead atoms. The third-order valence-electron chi connectivity index (χ3n) is 1.46. The van der Waals surface area contributed by atoms with Crippen LogP contribution in [0.1, 0.15) is 17.3 Å². The van der Waals surface area contributed by atoms with E-state index in [0.717, 1.165) is 6.07 Å². The van der Waals surface area contributed by atoms with E-state index in [9.17, 15) is 9.18 Å². The Labute approximate surface area is 80.3 Å². The summed E-state index contributed by atoms with van der Waals surface area (Å²) in [4.78, 5) is 10.7. The molecule has 2 nitrogen and oxygen atoms in total. The molecule has 0 aliphatic rings. The minimum absolute atomic E-state index is 0.0500. The Morgan fingerprint density at radius 1 is 1.62 bits per heavy atom. The van der Waals surface area contributed by atoms with Crippen LogP contribution in [0.25, 0.3) is 0 Å². The molecule has 1 aromatic rings. The van der Waals surface area contributed by atoms with Crippen molar-refractivity contribution in [2.24, 2.45) is 0 Å². The summed E-state index contributed by atoms with van der Waals surface area (Å²) in [6.45, 7) is 2.07. The second-order valence-corrected chi connectivity index (χ2v) is 2.70. The van der Waals surface area contributed by atoms with E-state index in [1.807, 2.05) is 0 Å². The van der Waals surface area contributed by atoms with Crippen molar-refractivity contribution in [1.29, 1.82) is 0 Å². The van der Waals surface area contributed by atoms with Crippen LogP contribution in [0.15, 0.2) is 18.2 Å². The molecule has 70 valence electrons. The number of carbonyl (C=O) groups excluding carboxylic acids is 1. The predicted octanol–water partition coefficient (Wildman–Crippen LogP) is 2.60. The van der Waals surface area contributed by atoms with Crippen LogP contribution < -0.4 is 4.74 Å². The molecule has 0 saturated heterocycles. The maximum atomic E-state index is 12.9. The molecule has 1 aromatic carbocycles. The van der Waals surface area contributed by atoms with Crippen molar-refractivity contribution in [1.82, 2.24) is 0 Å². The molecule has 0 amide bonds. The summed E-state index contributed by atoms with van der Waals surface area (Å²) in [6.07, 6.45) is 0. The van der Waals surface area contributed by atoms with E-state index < -0.39 is 11.1 Å². The summed E-state index contributed by atoms with van der Waals surface area (Å²) in [5.74, 6) is -0.447. The quantitative estimate of drug-likeness (QED) is 0.705. The molecular formula is C9H8ClFO2. The van der Waals surface area contributed by atoms with Gasteiger partial charge in [-0.2, -0.15) is 0 Å². The first kappa shape index (κ1) is 9.99. The summed E-state index contributed by atoms with van der Waals surface area (Å²) in [7, 11) is 0. The van der Waals surface area contributed by atoms with Crippen LogP contribution in [0, 0.1) is 5.82 Å². The summed E-state index contributed by atoms with van der Waals surface area (Å²) in [6, 6.07) is 3.75. The van der Waals surface area contributed by atoms with E-state index >= 15 is 0 Å². The van der Waals surface area contributed by atoms with Crippen LogP contribution in [-0.4, -0.2) is 11.8 Å². The first-order chi connectivity index (χ1) is 6.15. The van der Waals surface area contributed by atoms with Crippen LogP contribution in [0.3, 0.4) is 0 Å². The zero-order chi connectivity index (χ0) is 9.84. The molecular weight excluding hydrogens is 195 g/mol. The fraction of sp³-hybridized carbons (Fsp3) is 0.222. The summed E-state index contributed by atoms with van der Waals surface area (Å²) in [5.41, 5.74) is 0.228. The Hall–Kier alpha value is -1.09. The molecule has 0 radical (unpaired) electrons. The number of benzene rings is 1. The first-order valence-electron chi connectivity index (χ1n) is 3.77. The Bertz CT molecular complexity index is 325. The summed E-state index contributed by atoms with van der Waals surface area (Å²) in [5, 5.41) is -0.624. The van der Waals surface area contributed by atoms with Gasteiger partial charge in [0, 0.05) is 5.56 Å². The first-order valence-corrected chi connectivity index (χ1v) is 4.15. The largest absolute Gasteiger partial charge is 0.491 e. The molecule has 0 heterocycles. The highest BCUT2D eigenvalue weighted by atomic mass is 35.5. The molecule has 0 fully saturated rings. The molecule has 0 aromatic heterocycles. The van der Waals surface area contributed by atoms with Crippen molar-refractivity contribution in [2.45, 2.75) is 6.92 Å². The second kappa shape index (κ2) is 4.23. The minimum Gasteiger partial charge on any atom is -0.491 e. The van der Waals surface area contributed by atoms with E-state index in [1.165, 1.54) is 12.1 Å². The Kier molecular flexibility index (Phi) is 3.25. The highest BCUT2D eigenvalue weighted by Crippen LogP contribution is 2.19. The standard InChI is InChI=1S/C9H8ClFO2/c1-2-13-8-5-6(9(10)12)3-4-7(8)11/h3-5H,2H2,1H3. The average Bonchev–Trinajstić information content (AvgIpc) is 2.08. The Morgan fingerprint density at radius 2 is 2.31 bits per heavy atom. The van der Waals surface area contributed by atoms with Gasteiger partial charge < -0.3 is 4.74 Å². The lowest BCUT2D eigenvalue weighted by Gasteiger charge is -2.04. The van der Waals surface area contributed by atoms with Gasteiger partial charge in [-0.1, -0.05) is 0 Å². The number of rotatable bonds is 3. The second-order valence-electron chi connectivity index (χ2n) is 2.35. The SMILES string of the molecule is CCOc1cc(C(=O)Cl)ccc1F. The lowest BCUT2D eigenvalue weighted by atomic mass is 10.2. The lowest BCUT2D eigenvalue weighted by Crippen LogP contribution is -1.97. The number of ether oxygens (including phenoxy) is 1. The van der Waals surface area contributed by atoms with E-state index in [-0.39, 0.29) is 11.3 Å². The topological polar surface area (TPSA) is 26.3 Å². The molecule has 0 spiro atoms. The predicted molar refractivity (Wildman–Crippen MR) is 47.8 cm³/mol. The third-order valence-corrected chi connectivity index (χ3v) is 1.68. The van der Waals surface area contributed by atoms with Gasteiger partial charge in [-0.05, 0) is 36.7 Å². The van der Waals surface area contributed by atoms with Gasteiger partial charge in [0.2, 0.25) is 0 Å². The van der Waals surface area contributed by atoms with Crippen LogP contribution >= 0.6 is 11.6 Å². The summed E-state index contributed by atoms with van der Waals surface area (Å²) >= 11 is 5.21. The highest BCUT2D eigenvalue weighted by molar-refractivity contribution is 6.67. The van der Waals surface area contributed by atoms with Gasteiger partial charge in [-0.15, -0.1) is 0 Å². The van der Waals surface area contributed by atoms with Crippen molar-refractivity contribution < 1.29 is 13.9 Å². The Balaban J connectivity index is 3.03. The van der Waals surface area contributed by atoms with Gasteiger partial charge in [-0.3, -0.25) is 4.79 Å². The van der Waals surface area contributed by atoms with Gasteiger partial charge in [0.25, 0.3) is 5.24 Å². The van der Waals surface area contributed by atoms with E-state index in [4.69, 9.17) is 16.3 Å². The van der Waals surface area contributed by atoms with Crippen molar-refractivity contribution in [3.8, 4) is 5.75 Å². The van der Waals surface area contributed by atoms with Gasteiger partial charge in [-0.25, -0.2) is 4.39 Å². The minimum atomic E-state index is -0.624. The van der Waals surface area contributed by atoms with E-state index in [1.54, 1.807) is 6.92 Å². The molecule has 0 aliphatic heterocycles. The molecule has 1 rings (SSSR count). The maximum Gasteiger partial charge on any atom is 0.252 e. The number of halogens is 2. The number of carbonyl (C=O) groups is 1. The normalized spacial score (nSPS) is 9.77. The van der Waals surface area contributed by atoms with E-state index in [0.29, 0.717) is 6.61 Å². The zero-order valence-electron chi connectivity index (χ0n) is 7.01. The van der Waals surface area contributed by atoms with Crippen LogP contribution in [-0.2, 0) is 0 Å². The van der Waals surface area contributed by atoms with Crippen molar-refractivity contribution in [3.05, 3.63) is 29.6 Å². The average molecular weight is 203 g/mol. The van der Waals surface area contributed by atoms with Gasteiger partial charge >= 0.3 is 0 Å². The highest BCUT2D eigenvalue weighted by Gasteiger charge is 2.07. The van der Waals surface area contributed by atoms with Crippen molar-refractivity contribution in [2.75, 3.05) is 6.61 Å². The third kappa shape index (κ3) is 2.42. The fourth-order valence-corrected chi connectivity index (χ4v) is 1.01. The maximum absolute atomic E-state index is 12.9. The van der Waals surface area contributed by atoms with Gasteiger partial charge in [0.1, 0.15) is 0 Å². The fourth-order valence-electron chi connectivity index (χ4n) is 0.892. The van der Waals surface area contributed by atoms with Crippen molar-refractivity contribution >= 4 is 16.8 Å².